The lowest BCUT2D eigenvalue weighted by Gasteiger charge is -2.00. The molecule has 0 saturated heterocycles. The summed E-state index contributed by atoms with van der Waals surface area (Å²) in [4.78, 5) is 14.5. The second-order valence-electron chi connectivity index (χ2n) is 2.42. The first-order chi connectivity index (χ1) is 5.70. The molecule has 12 heavy (non-hydrogen) atoms. The third kappa shape index (κ3) is 0.833. The Balaban J connectivity index is 2.75. The van der Waals surface area contributed by atoms with Crippen LogP contribution in [0, 0.1) is 0 Å². The zero-order valence-electron chi connectivity index (χ0n) is 5.91. The van der Waals surface area contributed by atoms with Gasteiger partial charge in [0.2, 0.25) is 0 Å². The molecule has 0 atom stereocenters. The van der Waals surface area contributed by atoms with Crippen molar-refractivity contribution in [1.82, 2.24) is 0 Å². The van der Waals surface area contributed by atoms with E-state index in [0.717, 1.165) is 0 Å². The summed E-state index contributed by atoms with van der Waals surface area (Å²) in [7, 11) is 0. The summed E-state index contributed by atoms with van der Waals surface area (Å²) in [5, 5.41) is 9.59. The normalized spacial score (nSPS) is 13.6. The van der Waals surface area contributed by atoms with Crippen LogP contribution in [0.5, 0.6) is 5.75 Å². The number of phenols is 1. The molecule has 1 aromatic carbocycles. The Bertz CT molecular complexity index is 398. The summed E-state index contributed by atoms with van der Waals surface area (Å²) in [6, 6.07) is 3.02. The van der Waals surface area contributed by atoms with E-state index in [-0.39, 0.29) is 16.7 Å². The van der Waals surface area contributed by atoms with Crippen molar-refractivity contribution in [3.05, 3.63) is 28.3 Å². The van der Waals surface area contributed by atoms with Gasteiger partial charge in [0.25, 0.3) is 5.91 Å². The maximum absolute atomic E-state index is 11.0. The maximum Gasteiger partial charge on any atom is 0.277 e. The monoisotopic (exact) mass is 181 g/mol. The molecule has 3 nitrogen and oxygen atoms in total. The summed E-state index contributed by atoms with van der Waals surface area (Å²) >= 11 is 5.62. The number of halogens is 1. The summed E-state index contributed by atoms with van der Waals surface area (Å²) in [5.41, 5.74) is 0.810. The highest BCUT2D eigenvalue weighted by atomic mass is 35.5. The summed E-state index contributed by atoms with van der Waals surface area (Å²) < 4.78 is 0. The van der Waals surface area contributed by atoms with Crippen molar-refractivity contribution in [2.45, 2.75) is 0 Å². The number of carbonyl (C=O) groups is 1. The van der Waals surface area contributed by atoms with Crippen molar-refractivity contribution in [2.24, 2.45) is 4.99 Å². The lowest BCUT2D eigenvalue weighted by molar-refractivity contribution is 0.101. The highest BCUT2D eigenvalue weighted by Crippen LogP contribution is 2.31. The summed E-state index contributed by atoms with van der Waals surface area (Å²) in [5.74, 6) is -0.416. The summed E-state index contributed by atoms with van der Waals surface area (Å²) in [6.45, 7) is 0. The molecule has 4 heteroatoms. The number of rotatable bonds is 0. The minimum atomic E-state index is -0.336. The first kappa shape index (κ1) is 7.31. The summed E-state index contributed by atoms with van der Waals surface area (Å²) in [6.07, 6.45) is 1.32. The molecular weight excluding hydrogens is 178 g/mol. The van der Waals surface area contributed by atoms with Crippen LogP contribution < -0.4 is 0 Å². The van der Waals surface area contributed by atoms with Gasteiger partial charge in [0.1, 0.15) is 5.75 Å². The van der Waals surface area contributed by atoms with Gasteiger partial charge in [-0.3, -0.25) is 4.79 Å². The van der Waals surface area contributed by atoms with E-state index in [1.54, 1.807) is 6.07 Å². The third-order valence-electron chi connectivity index (χ3n) is 1.71. The van der Waals surface area contributed by atoms with Crippen molar-refractivity contribution in [3.8, 4) is 5.75 Å². The fourth-order valence-corrected chi connectivity index (χ4v) is 1.26. The Hall–Kier alpha value is -1.35. The quantitative estimate of drug-likeness (QED) is 0.661. The van der Waals surface area contributed by atoms with Crippen molar-refractivity contribution in [2.75, 3.05) is 0 Å². The van der Waals surface area contributed by atoms with Crippen LogP contribution in [0.15, 0.2) is 17.1 Å². The SMILES string of the molecule is O=C1N=Cc2c1ccc(Cl)c2O. The Morgan fingerprint density at radius 2 is 2.17 bits per heavy atom. The van der Waals surface area contributed by atoms with Gasteiger partial charge in [0.15, 0.2) is 0 Å². The highest BCUT2D eigenvalue weighted by Gasteiger charge is 2.19. The van der Waals surface area contributed by atoms with E-state index in [0.29, 0.717) is 11.1 Å². The van der Waals surface area contributed by atoms with Crippen LogP contribution in [0.3, 0.4) is 0 Å². The molecule has 0 bridgehead atoms. The molecular formula is C8H4ClNO2. The Kier molecular flexibility index (Phi) is 1.41. The first-order valence-electron chi connectivity index (χ1n) is 3.30. The number of benzene rings is 1. The van der Waals surface area contributed by atoms with Gasteiger partial charge in [0, 0.05) is 11.8 Å². The minimum absolute atomic E-state index is 0.0798. The highest BCUT2D eigenvalue weighted by molar-refractivity contribution is 6.33. The lowest BCUT2D eigenvalue weighted by Crippen LogP contribution is -1.91. The van der Waals surface area contributed by atoms with Gasteiger partial charge in [0.05, 0.1) is 10.6 Å². The van der Waals surface area contributed by atoms with Gasteiger partial charge in [-0.25, -0.2) is 4.99 Å². The van der Waals surface area contributed by atoms with E-state index in [1.807, 2.05) is 0 Å². The van der Waals surface area contributed by atoms with E-state index < -0.39 is 0 Å². The van der Waals surface area contributed by atoms with Crippen molar-refractivity contribution in [1.29, 1.82) is 0 Å². The second-order valence-corrected chi connectivity index (χ2v) is 2.83. The average molecular weight is 182 g/mol. The smallest absolute Gasteiger partial charge is 0.277 e. The molecule has 0 unspecified atom stereocenters. The molecule has 2 rings (SSSR count). The van der Waals surface area contributed by atoms with Crippen molar-refractivity contribution < 1.29 is 9.90 Å². The van der Waals surface area contributed by atoms with E-state index in [2.05, 4.69) is 4.99 Å². The number of phenolic OH excluding ortho intramolecular Hbond substituents is 1. The molecule has 0 spiro atoms. The third-order valence-corrected chi connectivity index (χ3v) is 2.01. The predicted molar refractivity (Wildman–Crippen MR) is 45.0 cm³/mol. The fourth-order valence-electron chi connectivity index (χ4n) is 1.09. The van der Waals surface area contributed by atoms with Gasteiger partial charge in [-0.1, -0.05) is 11.6 Å². The largest absolute Gasteiger partial charge is 0.506 e. The van der Waals surface area contributed by atoms with Gasteiger partial charge in [-0.2, -0.15) is 0 Å². The minimum Gasteiger partial charge on any atom is -0.506 e. The number of aromatic hydroxyl groups is 1. The predicted octanol–water partition coefficient (Wildman–Crippen LogP) is 1.62. The number of aliphatic imine (C=N–C) groups is 1. The Morgan fingerprint density at radius 3 is 2.92 bits per heavy atom. The van der Waals surface area contributed by atoms with E-state index in [1.165, 1.54) is 12.3 Å². The fraction of sp³-hybridized carbons (Fsp3) is 0. The first-order valence-corrected chi connectivity index (χ1v) is 3.68. The van der Waals surface area contributed by atoms with Crippen LogP contribution in [0.25, 0.3) is 0 Å². The van der Waals surface area contributed by atoms with Gasteiger partial charge in [-0.15, -0.1) is 0 Å². The number of hydrogen-bond donors (Lipinski definition) is 1. The van der Waals surface area contributed by atoms with Crippen LogP contribution >= 0.6 is 11.6 Å². The Morgan fingerprint density at radius 1 is 1.42 bits per heavy atom. The van der Waals surface area contributed by atoms with Crippen LogP contribution in [-0.4, -0.2) is 17.2 Å². The van der Waals surface area contributed by atoms with Crippen LogP contribution in [0.2, 0.25) is 5.02 Å². The van der Waals surface area contributed by atoms with E-state index >= 15 is 0 Å². The van der Waals surface area contributed by atoms with Crippen LogP contribution in [0.1, 0.15) is 15.9 Å². The molecule has 0 aromatic heterocycles. The van der Waals surface area contributed by atoms with Gasteiger partial charge in [-0.05, 0) is 12.1 Å². The van der Waals surface area contributed by atoms with Gasteiger partial charge >= 0.3 is 0 Å². The zero-order chi connectivity index (χ0) is 8.72. The molecule has 1 heterocycles. The molecule has 0 radical (unpaired) electrons. The Labute approximate surface area is 73.3 Å². The number of amides is 1. The molecule has 1 aromatic rings. The number of carbonyl (C=O) groups excluding carboxylic acids is 1. The van der Waals surface area contributed by atoms with E-state index in [9.17, 15) is 9.90 Å². The van der Waals surface area contributed by atoms with Crippen LogP contribution in [-0.2, 0) is 0 Å². The van der Waals surface area contributed by atoms with E-state index in [4.69, 9.17) is 11.6 Å². The van der Waals surface area contributed by atoms with Crippen molar-refractivity contribution >= 4 is 23.7 Å². The molecule has 0 saturated carbocycles. The number of fused-ring (bicyclic) bond motifs is 1. The number of nitrogens with zero attached hydrogens (tertiary/aromatic N) is 1. The van der Waals surface area contributed by atoms with Crippen molar-refractivity contribution in [3.63, 3.8) is 0 Å². The standard InChI is InChI=1S/C8H4ClNO2/c9-6-2-1-4-5(7(6)11)3-10-8(4)12/h1-3,11H. The number of hydrogen-bond acceptors (Lipinski definition) is 2. The topological polar surface area (TPSA) is 49.7 Å². The molecule has 60 valence electrons. The average Bonchev–Trinajstić information content (AvgIpc) is 2.41. The zero-order valence-corrected chi connectivity index (χ0v) is 6.67. The molecule has 0 aliphatic carbocycles. The molecule has 1 amide bonds. The molecule has 1 aliphatic rings. The lowest BCUT2D eigenvalue weighted by atomic mass is 10.1. The molecule has 1 N–H and O–H groups in total. The second kappa shape index (κ2) is 2.32. The van der Waals surface area contributed by atoms with Crippen LogP contribution in [0.4, 0.5) is 0 Å². The molecule has 0 fully saturated rings. The molecule has 1 aliphatic heterocycles. The van der Waals surface area contributed by atoms with Gasteiger partial charge < -0.3 is 5.11 Å². The maximum atomic E-state index is 11.0.